The number of hydrogen-bond acceptors (Lipinski definition) is 2. The molecule has 84 valence electrons. The molecule has 1 saturated carbocycles. The lowest BCUT2D eigenvalue weighted by Crippen LogP contribution is -2.40. The normalized spacial score (nSPS) is 29.1. The van der Waals surface area contributed by atoms with Crippen LogP contribution in [-0.4, -0.2) is 25.3 Å². The highest BCUT2D eigenvalue weighted by Gasteiger charge is 2.41. The number of alkyl halides is 3. The summed E-state index contributed by atoms with van der Waals surface area (Å²) < 4.78 is 37.2. The Hall–Kier alpha value is -0.290. The lowest BCUT2D eigenvalue weighted by molar-refractivity contribution is -0.183. The van der Waals surface area contributed by atoms with Crippen LogP contribution in [0.1, 0.15) is 25.7 Å². The molecule has 0 aromatic carbocycles. The van der Waals surface area contributed by atoms with Crippen LogP contribution in [0.15, 0.2) is 0 Å². The smallest absolute Gasteiger partial charge is 0.329 e. The summed E-state index contributed by atoms with van der Waals surface area (Å²) in [6, 6.07) is -0.000995. The Morgan fingerprint density at radius 3 is 2.57 bits per heavy atom. The molecular weight excluding hydrogens is 193 g/mol. The zero-order chi connectivity index (χ0) is 10.6. The predicted octanol–water partition coefficient (Wildman–Crippen LogP) is 1.66. The molecule has 0 radical (unpaired) electrons. The van der Waals surface area contributed by atoms with Crippen molar-refractivity contribution < 1.29 is 13.2 Å². The second-order valence-corrected chi connectivity index (χ2v) is 3.84. The highest BCUT2D eigenvalue weighted by molar-refractivity contribution is 4.81. The minimum Gasteiger partial charge on any atom is -0.329 e. The molecule has 1 aliphatic rings. The fourth-order valence-corrected chi connectivity index (χ4v) is 1.96. The van der Waals surface area contributed by atoms with Gasteiger partial charge in [-0.2, -0.15) is 13.2 Å². The number of nitrogens with two attached hydrogens (primary N) is 1. The summed E-state index contributed by atoms with van der Waals surface area (Å²) >= 11 is 0. The van der Waals surface area contributed by atoms with Gasteiger partial charge in [0.2, 0.25) is 0 Å². The van der Waals surface area contributed by atoms with Gasteiger partial charge in [-0.1, -0.05) is 6.42 Å². The lowest BCUT2D eigenvalue weighted by atomic mass is 9.85. The van der Waals surface area contributed by atoms with Crippen LogP contribution in [0.4, 0.5) is 13.2 Å². The molecule has 1 fully saturated rings. The van der Waals surface area contributed by atoms with Crippen LogP contribution in [-0.2, 0) is 0 Å². The van der Waals surface area contributed by atoms with E-state index in [-0.39, 0.29) is 18.9 Å². The second kappa shape index (κ2) is 4.98. The maximum atomic E-state index is 12.4. The molecule has 0 heterocycles. The molecule has 0 saturated heterocycles. The van der Waals surface area contributed by atoms with E-state index in [0.717, 1.165) is 6.42 Å². The predicted molar refractivity (Wildman–Crippen MR) is 48.9 cm³/mol. The van der Waals surface area contributed by atoms with Gasteiger partial charge in [0.25, 0.3) is 0 Å². The molecule has 0 amide bonds. The van der Waals surface area contributed by atoms with Crippen molar-refractivity contribution in [1.82, 2.24) is 5.32 Å². The third kappa shape index (κ3) is 3.46. The molecule has 0 aromatic rings. The van der Waals surface area contributed by atoms with Gasteiger partial charge in [-0.05, 0) is 19.3 Å². The van der Waals surface area contributed by atoms with E-state index in [4.69, 9.17) is 5.73 Å². The maximum absolute atomic E-state index is 12.4. The van der Waals surface area contributed by atoms with Crippen molar-refractivity contribution in [2.45, 2.75) is 37.9 Å². The monoisotopic (exact) mass is 210 g/mol. The van der Waals surface area contributed by atoms with E-state index in [2.05, 4.69) is 5.32 Å². The van der Waals surface area contributed by atoms with E-state index in [0.29, 0.717) is 19.5 Å². The molecule has 1 rings (SSSR count). The van der Waals surface area contributed by atoms with Gasteiger partial charge in [0.15, 0.2) is 0 Å². The molecule has 0 spiro atoms. The van der Waals surface area contributed by atoms with Crippen molar-refractivity contribution in [2.24, 2.45) is 11.7 Å². The van der Waals surface area contributed by atoms with Gasteiger partial charge >= 0.3 is 6.18 Å². The molecule has 2 atom stereocenters. The summed E-state index contributed by atoms with van der Waals surface area (Å²) in [7, 11) is 0. The fourth-order valence-electron chi connectivity index (χ4n) is 1.96. The van der Waals surface area contributed by atoms with Gasteiger partial charge in [0.05, 0.1) is 5.92 Å². The maximum Gasteiger partial charge on any atom is 0.391 e. The Kier molecular flexibility index (Phi) is 4.19. The largest absolute Gasteiger partial charge is 0.391 e. The molecule has 0 aromatic heterocycles. The van der Waals surface area contributed by atoms with Gasteiger partial charge < -0.3 is 11.1 Å². The molecule has 3 N–H and O–H groups in total. The molecule has 2 nitrogen and oxygen atoms in total. The second-order valence-electron chi connectivity index (χ2n) is 3.84. The summed E-state index contributed by atoms with van der Waals surface area (Å²) in [4.78, 5) is 0. The summed E-state index contributed by atoms with van der Waals surface area (Å²) in [5, 5.41) is 3.05. The first-order valence-corrected chi connectivity index (χ1v) is 5.04. The van der Waals surface area contributed by atoms with Crippen LogP contribution in [0.25, 0.3) is 0 Å². The Bertz CT molecular complexity index is 170. The minimum atomic E-state index is -4.02. The first kappa shape index (κ1) is 11.8. The summed E-state index contributed by atoms with van der Waals surface area (Å²) in [6.07, 6.45) is -2.03. The Labute approximate surface area is 82.0 Å². The van der Waals surface area contributed by atoms with E-state index in [1.165, 1.54) is 0 Å². The zero-order valence-electron chi connectivity index (χ0n) is 8.11. The van der Waals surface area contributed by atoms with Gasteiger partial charge in [0, 0.05) is 19.1 Å². The molecule has 0 aliphatic heterocycles. The average Bonchev–Trinajstić information content (AvgIpc) is 2.14. The van der Waals surface area contributed by atoms with E-state index >= 15 is 0 Å². The third-order valence-corrected chi connectivity index (χ3v) is 2.71. The minimum absolute atomic E-state index is 0.000995. The Morgan fingerprint density at radius 2 is 2.00 bits per heavy atom. The van der Waals surface area contributed by atoms with Crippen molar-refractivity contribution >= 4 is 0 Å². The van der Waals surface area contributed by atoms with Gasteiger partial charge in [-0.15, -0.1) is 0 Å². The topological polar surface area (TPSA) is 38.0 Å². The quantitative estimate of drug-likeness (QED) is 0.743. The Morgan fingerprint density at radius 1 is 1.29 bits per heavy atom. The van der Waals surface area contributed by atoms with Gasteiger partial charge in [-0.25, -0.2) is 0 Å². The molecule has 1 aliphatic carbocycles. The van der Waals surface area contributed by atoms with Gasteiger partial charge in [-0.3, -0.25) is 0 Å². The first-order valence-electron chi connectivity index (χ1n) is 5.04. The van der Waals surface area contributed by atoms with Crippen LogP contribution in [0.3, 0.4) is 0 Å². The first-order chi connectivity index (χ1) is 6.54. The highest BCUT2D eigenvalue weighted by atomic mass is 19.4. The van der Waals surface area contributed by atoms with Crippen LogP contribution in [0.2, 0.25) is 0 Å². The molecule has 2 unspecified atom stereocenters. The lowest BCUT2D eigenvalue weighted by Gasteiger charge is -2.31. The highest BCUT2D eigenvalue weighted by Crippen LogP contribution is 2.37. The molecular formula is C9H17F3N2. The van der Waals surface area contributed by atoms with E-state index in [1.807, 2.05) is 0 Å². The van der Waals surface area contributed by atoms with E-state index in [1.54, 1.807) is 0 Å². The number of rotatable bonds is 3. The number of halogens is 3. The van der Waals surface area contributed by atoms with Crippen LogP contribution in [0.5, 0.6) is 0 Å². The van der Waals surface area contributed by atoms with Crippen LogP contribution < -0.4 is 11.1 Å². The van der Waals surface area contributed by atoms with Crippen molar-refractivity contribution in [1.29, 1.82) is 0 Å². The summed E-state index contributed by atoms with van der Waals surface area (Å²) in [6.45, 7) is 1.09. The van der Waals surface area contributed by atoms with Crippen LogP contribution >= 0.6 is 0 Å². The van der Waals surface area contributed by atoms with Gasteiger partial charge in [0.1, 0.15) is 0 Å². The SMILES string of the molecule is NCCNC1CCCC(C(F)(F)F)C1. The van der Waals surface area contributed by atoms with Crippen molar-refractivity contribution in [3.05, 3.63) is 0 Å². The average molecular weight is 210 g/mol. The fraction of sp³-hybridized carbons (Fsp3) is 1.00. The molecule has 0 bridgehead atoms. The molecule has 14 heavy (non-hydrogen) atoms. The Balaban J connectivity index is 2.36. The third-order valence-electron chi connectivity index (χ3n) is 2.71. The number of hydrogen-bond donors (Lipinski definition) is 2. The number of nitrogens with one attached hydrogen (secondary N) is 1. The van der Waals surface area contributed by atoms with Crippen LogP contribution in [0, 0.1) is 5.92 Å². The van der Waals surface area contributed by atoms with Crippen molar-refractivity contribution in [3.8, 4) is 0 Å². The van der Waals surface area contributed by atoms with Crippen molar-refractivity contribution in [2.75, 3.05) is 13.1 Å². The van der Waals surface area contributed by atoms with Crippen molar-refractivity contribution in [3.63, 3.8) is 0 Å². The summed E-state index contributed by atoms with van der Waals surface area (Å²) in [5.74, 6) is -1.12. The zero-order valence-corrected chi connectivity index (χ0v) is 8.11. The molecule has 5 heteroatoms. The summed E-state index contributed by atoms with van der Waals surface area (Å²) in [5.41, 5.74) is 5.28. The standard InChI is InChI=1S/C9H17F3N2/c10-9(11,12)7-2-1-3-8(6-7)14-5-4-13/h7-8,14H,1-6,13H2. The van der Waals surface area contributed by atoms with E-state index < -0.39 is 12.1 Å². The van der Waals surface area contributed by atoms with E-state index in [9.17, 15) is 13.2 Å².